The number of piperazine rings is 1. The van der Waals surface area contributed by atoms with Crippen LogP contribution in [0, 0.1) is 22.2 Å². The van der Waals surface area contributed by atoms with Gasteiger partial charge in [-0.2, -0.15) is 18.4 Å². The molecule has 16 heteroatoms. The Morgan fingerprint density at radius 3 is 2.19 bits per heavy atom. The second-order valence-corrected chi connectivity index (χ2v) is 17.8. The van der Waals surface area contributed by atoms with E-state index in [1.807, 2.05) is 52.0 Å². The quantitative estimate of drug-likeness (QED) is 0.137. The number of nitrogens with one attached hydrogen (secondary N) is 3. The molecule has 13 nitrogen and oxygen atoms in total. The first-order chi connectivity index (χ1) is 29.4. The summed E-state index contributed by atoms with van der Waals surface area (Å²) >= 11 is 0. The number of halogens is 3. The highest BCUT2D eigenvalue weighted by molar-refractivity contribution is 6.25. The third-order valence-corrected chi connectivity index (χ3v) is 12.8. The number of nitriles is 1. The lowest BCUT2D eigenvalue weighted by molar-refractivity contribution is -0.164. The molecule has 62 heavy (non-hydrogen) atoms. The first kappa shape index (κ1) is 44.3. The molecule has 328 valence electrons. The zero-order chi connectivity index (χ0) is 44.6. The zero-order valence-electron chi connectivity index (χ0n) is 35.4. The van der Waals surface area contributed by atoms with Gasteiger partial charge in [0, 0.05) is 67.3 Å². The smallest absolute Gasteiger partial charge is 0.417 e. The number of fused-ring (bicyclic) bond motifs is 1. The van der Waals surface area contributed by atoms with Gasteiger partial charge in [0.1, 0.15) is 17.9 Å². The van der Waals surface area contributed by atoms with Gasteiger partial charge in [-0.3, -0.25) is 34.2 Å². The zero-order valence-corrected chi connectivity index (χ0v) is 35.4. The summed E-state index contributed by atoms with van der Waals surface area (Å²) in [5, 5.41) is 17.8. The Morgan fingerprint density at radius 2 is 1.56 bits per heavy atom. The number of imide groups is 2. The lowest BCUT2D eigenvalue weighted by atomic mass is 9.49. The monoisotopic (exact) mass is 855 g/mol. The molecule has 5 amide bonds. The van der Waals surface area contributed by atoms with E-state index in [0.717, 1.165) is 81.1 Å². The fourth-order valence-electron chi connectivity index (χ4n) is 9.83. The lowest BCUT2D eigenvalue weighted by Crippen LogP contribution is -2.74. The summed E-state index contributed by atoms with van der Waals surface area (Å²) in [7, 11) is 0. The molecular formula is C46H52F3N7O6. The number of hydrogen-bond donors (Lipinski definition) is 3. The maximum absolute atomic E-state index is 13.6. The number of alkyl halides is 3. The largest absolute Gasteiger partial charge is 0.489 e. The van der Waals surface area contributed by atoms with E-state index in [2.05, 4.69) is 25.8 Å². The number of nitrogens with zero attached hydrogens (tertiary/aromatic N) is 4. The number of aryl methyl sites for hydroxylation is 1. The van der Waals surface area contributed by atoms with Gasteiger partial charge in [0.15, 0.2) is 0 Å². The van der Waals surface area contributed by atoms with Gasteiger partial charge in [-0.25, -0.2) is 0 Å². The van der Waals surface area contributed by atoms with Crippen LogP contribution in [-0.2, 0) is 22.2 Å². The number of piperidine rings is 1. The van der Waals surface area contributed by atoms with E-state index in [1.54, 1.807) is 24.3 Å². The van der Waals surface area contributed by atoms with Crippen LogP contribution < -0.4 is 20.7 Å². The molecular weight excluding hydrogens is 804 g/mol. The van der Waals surface area contributed by atoms with Crippen LogP contribution in [0.25, 0.3) is 0 Å². The number of amides is 5. The molecule has 3 aromatic rings. The molecule has 0 aromatic heterocycles. The molecule has 0 radical (unpaired) electrons. The number of ether oxygens (including phenoxy) is 1. The minimum absolute atomic E-state index is 0.0179. The summed E-state index contributed by atoms with van der Waals surface area (Å²) < 4.78 is 46.8. The summed E-state index contributed by atoms with van der Waals surface area (Å²) in [6, 6.07) is 16.3. The summed E-state index contributed by atoms with van der Waals surface area (Å²) in [5.74, 6) is -2.31. The van der Waals surface area contributed by atoms with Crippen LogP contribution in [0.1, 0.15) is 101 Å². The molecule has 3 heterocycles. The van der Waals surface area contributed by atoms with E-state index in [-0.39, 0.29) is 41.7 Å². The van der Waals surface area contributed by atoms with Crippen molar-refractivity contribution in [2.24, 2.45) is 10.8 Å². The molecule has 0 spiro atoms. The topological polar surface area (TPSA) is 164 Å². The maximum atomic E-state index is 13.6. The van der Waals surface area contributed by atoms with Crippen LogP contribution in [0.2, 0.25) is 0 Å². The second-order valence-electron chi connectivity index (χ2n) is 17.8. The Hall–Kier alpha value is -5.79. The van der Waals surface area contributed by atoms with Crippen molar-refractivity contribution in [2.75, 3.05) is 51.1 Å². The number of carbonyl (C=O) groups is 5. The minimum Gasteiger partial charge on any atom is -0.489 e. The fourth-order valence-corrected chi connectivity index (χ4v) is 9.83. The van der Waals surface area contributed by atoms with Crippen molar-refractivity contribution in [2.45, 2.75) is 84.2 Å². The Kier molecular flexibility index (Phi) is 12.5. The Balaban J connectivity index is 0.809. The number of hydrogen-bond acceptors (Lipinski definition) is 10. The number of anilines is 1. The predicted octanol–water partition coefficient (Wildman–Crippen LogP) is 5.64. The van der Waals surface area contributed by atoms with E-state index in [4.69, 9.17) is 10.00 Å². The highest BCUT2D eigenvalue weighted by Gasteiger charge is 2.64. The van der Waals surface area contributed by atoms with Crippen molar-refractivity contribution in [1.82, 2.24) is 25.3 Å². The molecule has 3 aliphatic heterocycles. The molecule has 1 aliphatic carbocycles. The van der Waals surface area contributed by atoms with Gasteiger partial charge in [-0.1, -0.05) is 45.9 Å². The third-order valence-electron chi connectivity index (χ3n) is 12.8. The Bertz CT molecular complexity index is 2260. The van der Waals surface area contributed by atoms with Gasteiger partial charge in [0.25, 0.3) is 17.7 Å². The van der Waals surface area contributed by atoms with Crippen molar-refractivity contribution < 1.29 is 41.9 Å². The van der Waals surface area contributed by atoms with E-state index >= 15 is 0 Å². The van der Waals surface area contributed by atoms with Crippen LogP contribution in [0.4, 0.5) is 18.9 Å². The molecule has 1 atom stereocenters. The number of carbonyl (C=O) groups excluding carboxylic acids is 5. The average molecular weight is 856 g/mol. The van der Waals surface area contributed by atoms with Crippen molar-refractivity contribution in [3.05, 3.63) is 94.0 Å². The van der Waals surface area contributed by atoms with Crippen molar-refractivity contribution >= 4 is 35.2 Å². The van der Waals surface area contributed by atoms with Crippen molar-refractivity contribution in [3.63, 3.8) is 0 Å². The fraction of sp³-hybridized carbons (Fsp3) is 0.478. The first-order valence-corrected chi connectivity index (χ1v) is 21.1. The summed E-state index contributed by atoms with van der Waals surface area (Å²) in [4.78, 5) is 69.8. The molecule has 2 saturated heterocycles. The maximum Gasteiger partial charge on any atom is 0.417 e. The second kappa shape index (κ2) is 17.5. The Morgan fingerprint density at radius 1 is 0.903 bits per heavy atom. The van der Waals surface area contributed by atoms with E-state index in [0.29, 0.717) is 17.8 Å². The molecule has 0 bridgehead atoms. The average Bonchev–Trinajstić information content (AvgIpc) is 3.49. The SMILES string of the molecule is CC1(C)C(NC(=O)c2ccc(CCCN3CCN(CCCNc4cccc5c4C(=O)N(C4CCC(=O)NC4=O)C5=O)CC3)cc2)C(C)(C)C1Oc1ccc(C#N)c(C(F)(F)F)c1. The summed E-state index contributed by atoms with van der Waals surface area (Å²) in [6.45, 7) is 13.9. The molecule has 1 saturated carbocycles. The lowest BCUT2D eigenvalue weighted by Gasteiger charge is -2.63. The molecule has 3 aromatic carbocycles. The van der Waals surface area contributed by atoms with Crippen LogP contribution >= 0.6 is 0 Å². The van der Waals surface area contributed by atoms with Gasteiger partial charge in [0.2, 0.25) is 11.8 Å². The molecule has 3 fully saturated rings. The van der Waals surface area contributed by atoms with Crippen molar-refractivity contribution in [3.8, 4) is 11.8 Å². The highest BCUT2D eigenvalue weighted by atomic mass is 19.4. The summed E-state index contributed by atoms with van der Waals surface area (Å²) in [5.41, 5.74) is 0.00212. The van der Waals surface area contributed by atoms with E-state index in [9.17, 15) is 37.1 Å². The third kappa shape index (κ3) is 8.92. The first-order valence-electron chi connectivity index (χ1n) is 21.1. The number of benzene rings is 3. The van der Waals surface area contributed by atoms with Gasteiger partial charge >= 0.3 is 6.18 Å². The van der Waals surface area contributed by atoms with E-state index < -0.39 is 63.9 Å². The molecule has 1 unspecified atom stereocenters. The van der Waals surface area contributed by atoms with Crippen LogP contribution in [0.3, 0.4) is 0 Å². The van der Waals surface area contributed by atoms with Crippen LogP contribution in [0.5, 0.6) is 5.75 Å². The standard InChI is InChI=1S/C46H52F3N7O6/c1-44(2)42(45(3,4)43(44)62-31-16-15-30(27-50)33(26-31)46(47,48)49)53-38(58)29-13-11-28(12-14-29)8-6-20-54-22-24-55(25-23-54)21-7-19-51-34-10-5-9-32-37(34)41(61)56(40(32)60)35-17-18-36(57)52-39(35)59/h5,9-16,26,35,42-43,51H,6-8,17-25H2,1-4H3,(H,53,58)(H,52,57,59). The van der Waals surface area contributed by atoms with E-state index in [1.165, 1.54) is 6.07 Å². The molecule has 3 N–H and O–H groups in total. The van der Waals surface area contributed by atoms with Gasteiger partial charge in [0.05, 0.1) is 28.3 Å². The van der Waals surface area contributed by atoms with Crippen molar-refractivity contribution in [1.29, 1.82) is 5.26 Å². The Labute approximate surface area is 358 Å². The minimum atomic E-state index is -4.70. The summed E-state index contributed by atoms with van der Waals surface area (Å²) in [6.07, 6.45) is -2.36. The van der Waals surface area contributed by atoms with Gasteiger partial charge in [-0.15, -0.1) is 0 Å². The van der Waals surface area contributed by atoms with Crippen LogP contribution in [-0.4, -0.2) is 108 Å². The highest BCUT2D eigenvalue weighted by Crippen LogP contribution is 2.55. The van der Waals surface area contributed by atoms with Gasteiger partial charge in [-0.05, 0) is 86.8 Å². The molecule has 4 aliphatic rings. The number of rotatable bonds is 14. The molecule has 7 rings (SSSR count). The van der Waals surface area contributed by atoms with Crippen LogP contribution in [0.15, 0.2) is 60.7 Å². The predicted molar refractivity (Wildman–Crippen MR) is 223 cm³/mol. The van der Waals surface area contributed by atoms with Gasteiger partial charge < -0.3 is 25.2 Å². The normalized spacial score (nSPS) is 22.4.